The molecule has 70 valence electrons. The topological polar surface area (TPSA) is 77.6 Å². The van der Waals surface area contributed by atoms with Crippen LogP contribution in [-0.4, -0.2) is 20.2 Å². The molecular formula is C8H6BrN5. The van der Waals surface area contributed by atoms with Gasteiger partial charge < -0.3 is 5.73 Å². The van der Waals surface area contributed by atoms with Crippen molar-refractivity contribution in [1.29, 1.82) is 0 Å². The number of rotatable bonds is 1. The Labute approximate surface area is 88.5 Å². The molecule has 2 aromatic rings. The van der Waals surface area contributed by atoms with E-state index in [1.54, 1.807) is 12.4 Å². The van der Waals surface area contributed by atoms with Gasteiger partial charge >= 0.3 is 0 Å². The lowest BCUT2D eigenvalue weighted by Crippen LogP contribution is -2.00. The van der Waals surface area contributed by atoms with Crippen LogP contribution in [-0.2, 0) is 0 Å². The van der Waals surface area contributed by atoms with Crippen molar-refractivity contribution in [2.75, 3.05) is 5.73 Å². The van der Waals surface area contributed by atoms with Gasteiger partial charge in [0.25, 0.3) is 0 Å². The lowest BCUT2D eigenvalue weighted by Gasteiger charge is -2.01. The van der Waals surface area contributed by atoms with Crippen molar-refractivity contribution in [2.45, 2.75) is 0 Å². The third-order valence-corrected chi connectivity index (χ3v) is 2.13. The summed E-state index contributed by atoms with van der Waals surface area (Å²) in [6.07, 6.45) is 3.38. The zero-order valence-corrected chi connectivity index (χ0v) is 8.64. The fourth-order valence-corrected chi connectivity index (χ4v) is 1.41. The molecule has 0 spiro atoms. The molecular weight excluding hydrogens is 246 g/mol. The minimum atomic E-state index is 0.145. The van der Waals surface area contributed by atoms with E-state index in [9.17, 15) is 0 Å². The van der Waals surface area contributed by atoms with Crippen molar-refractivity contribution < 1.29 is 0 Å². The highest BCUT2D eigenvalue weighted by molar-refractivity contribution is 9.10. The van der Waals surface area contributed by atoms with E-state index in [0.717, 1.165) is 5.56 Å². The van der Waals surface area contributed by atoms with Gasteiger partial charge in [-0.05, 0) is 28.1 Å². The summed E-state index contributed by atoms with van der Waals surface area (Å²) in [5.41, 5.74) is 6.93. The summed E-state index contributed by atoms with van der Waals surface area (Å²) in [6, 6.07) is 3.70. The average molecular weight is 252 g/mol. The molecule has 6 heteroatoms. The van der Waals surface area contributed by atoms with Crippen LogP contribution in [0.25, 0.3) is 11.3 Å². The quantitative estimate of drug-likeness (QED) is 0.827. The lowest BCUT2D eigenvalue weighted by atomic mass is 10.2. The van der Waals surface area contributed by atoms with E-state index in [4.69, 9.17) is 5.73 Å². The van der Waals surface area contributed by atoms with Crippen LogP contribution in [0.1, 0.15) is 0 Å². The molecule has 14 heavy (non-hydrogen) atoms. The number of pyridine rings is 1. The first-order valence-electron chi connectivity index (χ1n) is 3.83. The molecule has 0 amide bonds. The third kappa shape index (κ3) is 1.69. The largest absolute Gasteiger partial charge is 0.366 e. The van der Waals surface area contributed by atoms with Gasteiger partial charge in [0.1, 0.15) is 5.69 Å². The van der Waals surface area contributed by atoms with Gasteiger partial charge in [-0.15, -0.1) is 10.2 Å². The molecule has 0 fully saturated rings. The van der Waals surface area contributed by atoms with Gasteiger partial charge in [-0.1, -0.05) is 0 Å². The molecule has 0 aromatic carbocycles. The third-order valence-electron chi connectivity index (χ3n) is 1.60. The molecule has 0 atom stereocenters. The van der Waals surface area contributed by atoms with E-state index in [1.165, 1.54) is 0 Å². The Bertz CT molecular complexity index is 445. The normalized spacial score (nSPS) is 10.1. The van der Waals surface area contributed by atoms with E-state index in [2.05, 4.69) is 36.1 Å². The summed E-state index contributed by atoms with van der Waals surface area (Å²) < 4.78 is 0.555. The van der Waals surface area contributed by atoms with Crippen LogP contribution in [0.15, 0.2) is 29.1 Å². The van der Waals surface area contributed by atoms with Gasteiger partial charge in [0.2, 0.25) is 5.95 Å². The molecule has 2 rings (SSSR count). The minimum absolute atomic E-state index is 0.145. The molecule has 0 radical (unpaired) electrons. The van der Waals surface area contributed by atoms with E-state index >= 15 is 0 Å². The highest BCUT2D eigenvalue weighted by Crippen LogP contribution is 2.22. The summed E-state index contributed by atoms with van der Waals surface area (Å²) in [5.74, 6) is 0.145. The number of nitrogens with zero attached hydrogens (tertiary/aromatic N) is 4. The highest BCUT2D eigenvalue weighted by Gasteiger charge is 2.07. The number of nitrogens with two attached hydrogens (primary N) is 1. The Morgan fingerprint density at radius 1 is 1.29 bits per heavy atom. The molecule has 5 nitrogen and oxygen atoms in total. The van der Waals surface area contributed by atoms with Crippen LogP contribution in [0.5, 0.6) is 0 Å². The fraction of sp³-hybridized carbons (Fsp3) is 0. The van der Waals surface area contributed by atoms with Crippen molar-refractivity contribution in [3.63, 3.8) is 0 Å². The molecule has 0 unspecified atom stereocenters. The van der Waals surface area contributed by atoms with Crippen LogP contribution >= 0.6 is 15.9 Å². The average Bonchev–Trinajstić information content (AvgIpc) is 2.23. The molecule has 0 aliphatic heterocycles. The van der Waals surface area contributed by atoms with Gasteiger partial charge in [-0.3, -0.25) is 4.98 Å². The number of anilines is 1. The van der Waals surface area contributed by atoms with Gasteiger partial charge in [-0.25, -0.2) is 4.98 Å². The Kier molecular flexibility index (Phi) is 2.36. The first-order chi connectivity index (χ1) is 6.77. The maximum Gasteiger partial charge on any atom is 0.240 e. The monoisotopic (exact) mass is 251 g/mol. The van der Waals surface area contributed by atoms with Crippen molar-refractivity contribution in [2.24, 2.45) is 0 Å². The number of hydrogen-bond acceptors (Lipinski definition) is 5. The molecule has 0 aliphatic carbocycles. The van der Waals surface area contributed by atoms with E-state index in [1.807, 2.05) is 12.1 Å². The molecule has 0 saturated carbocycles. The molecule has 0 bridgehead atoms. The van der Waals surface area contributed by atoms with Crippen LogP contribution in [0.2, 0.25) is 0 Å². The standard InChI is InChI=1S/C8H6BrN5/c9-7-6(12-8(10)14-13-7)5-2-1-3-11-4-5/h1-4H,(H2,10,12,14). The second kappa shape index (κ2) is 3.67. The number of nitrogen functional groups attached to an aromatic ring is 1. The maximum atomic E-state index is 5.44. The first-order valence-corrected chi connectivity index (χ1v) is 4.63. The van der Waals surface area contributed by atoms with Crippen LogP contribution in [0, 0.1) is 0 Å². The fourth-order valence-electron chi connectivity index (χ4n) is 1.01. The molecule has 2 heterocycles. The predicted octanol–water partition coefficient (Wildman–Crippen LogP) is 1.28. The summed E-state index contributed by atoms with van der Waals surface area (Å²) in [4.78, 5) is 8.04. The van der Waals surface area contributed by atoms with Gasteiger partial charge in [-0.2, -0.15) is 0 Å². The minimum Gasteiger partial charge on any atom is -0.366 e. The van der Waals surface area contributed by atoms with Gasteiger partial charge in [0.15, 0.2) is 4.60 Å². The summed E-state index contributed by atoms with van der Waals surface area (Å²) in [5, 5.41) is 7.42. The van der Waals surface area contributed by atoms with Crippen molar-refractivity contribution in [3.8, 4) is 11.3 Å². The van der Waals surface area contributed by atoms with E-state index in [-0.39, 0.29) is 5.95 Å². The van der Waals surface area contributed by atoms with Crippen LogP contribution in [0.4, 0.5) is 5.95 Å². The summed E-state index contributed by atoms with van der Waals surface area (Å²) >= 11 is 3.25. The second-order valence-corrected chi connectivity index (χ2v) is 3.30. The Morgan fingerprint density at radius 2 is 2.14 bits per heavy atom. The second-order valence-electron chi connectivity index (χ2n) is 2.55. The SMILES string of the molecule is Nc1nnc(Br)c(-c2cccnc2)n1. The zero-order valence-electron chi connectivity index (χ0n) is 7.05. The van der Waals surface area contributed by atoms with E-state index in [0.29, 0.717) is 10.3 Å². The van der Waals surface area contributed by atoms with Gasteiger partial charge in [0.05, 0.1) is 0 Å². The Balaban J connectivity index is 2.57. The number of hydrogen-bond donors (Lipinski definition) is 1. The molecule has 2 N–H and O–H groups in total. The van der Waals surface area contributed by atoms with Crippen molar-refractivity contribution in [3.05, 3.63) is 29.1 Å². The Morgan fingerprint density at radius 3 is 2.86 bits per heavy atom. The highest BCUT2D eigenvalue weighted by atomic mass is 79.9. The number of halogens is 1. The number of aromatic nitrogens is 4. The van der Waals surface area contributed by atoms with Crippen molar-refractivity contribution in [1.82, 2.24) is 20.2 Å². The molecule has 0 aliphatic rings. The molecule has 2 aromatic heterocycles. The van der Waals surface area contributed by atoms with Crippen molar-refractivity contribution >= 4 is 21.9 Å². The van der Waals surface area contributed by atoms with E-state index < -0.39 is 0 Å². The lowest BCUT2D eigenvalue weighted by molar-refractivity contribution is 0.965. The molecule has 0 saturated heterocycles. The first kappa shape index (κ1) is 9.01. The maximum absolute atomic E-state index is 5.44. The summed E-state index contributed by atoms with van der Waals surface area (Å²) in [7, 11) is 0. The van der Waals surface area contributed by atoms with Crippen LogP contribution in [0.3, 0.4) is 0 Å². The smallest absolute Gasteiger partial charge is 0.240 e. The van der Waals surface area contributed by atoms with Crippen LogP contribution < -0.4 is 5.73 Å². The zero-order chi connectivity index (χ0) is 9.97. The predicted molar refractivity (Wildman–Crippen MR) is 55.2 cm³/mol. The van der Waals surface area contributed by atoms with Gasteiger partial charge in [0, 0.05) is 18.0 Å². The Hall–Kier alpha value is -1.56. The summed E-state index contributed by atoms with van der Waals surface area (Å²) in [6.45, 7) is 0.